The highest BCUT2D eigenvalue weighted by molar-refractivity contribution is 7.85. The van der Waals surface area contributed by atoms with Crippen LogP contribution in [0.25, 0.3) is 10.2 Å². The van der Waals surface area contributed by atoms with Gasteiger partial charge in [0.2, 0.25) is 10.5 Å². The number of fused-ring (bicyclic) bond motifs is 1. The molecule has 0 radical (unpaired) electrons. The van der Waals surface area contributed by atoms with Crippen LogP contribution in [0.1, 0.15) is 17.5 Å². The summed E-state index contributed by atoms with van der Waals surface area (Å²) in [6, 6.07) is 9.87. The molecule has 2 aromatic carbocycles. The zero-order chi connectivity index (χ0) is 20.2. The second-order valence-corrected chi connectivity index (χ2v) is 8.42. The molecule has 0 spiro atoms. The van der Waals surface area contributed by atoms with E-state index in [1.54, 1.807) is 37.7 Å². The van der Waals surface area contributed by atoms with Crippen molar-refractivity contribution in [2.75, 3.05) is 14.2 Å². The van der Waals surface area contributed by atoms with Gasteiger partial charge in [-0.15, -0.1) is 0 Å². The van der Waals surface area contributed by atoms with Crippen LogP contribution in [-0.2, 0) is 16.7 Å². The summed E-state index contributed by atoms with van der Waals surface area (Å²) in [5.41, 5.74) is 2.14. The SMILES string of the molecule is CC[n+]1c(C)sc2cc(OC)c(OC)cc21.Cc1ccc(S(=O)(=O)[O-])cc1. The van der Waals surface area contributed by atoms with E-state index in [0.717, 1.165) is 23.6 Å². The molecule has 0 aliphatic carbocycles. The summed E-state index contributed by atoms with van der Waals surface area (Å²) in [5.74, 6) is 1.58. The molecule has 146 valence electrons. The van der Waals surface area contributed by atoms with Crippen LogP contribution in [0, 0.1) is 13.8 Å². The summed E-state index contributed by atoms with van der Waals surface area (Å²) in [6.45, 7) is 7.07. The lowest BCUT2D eigenvalue weighted by molar-refractivity contribution is -0.669. The van der Waals surface area contributed by atoms with Crippen LogP contribution >= 0.6 is 11.3 Å². The van der Waals surface area contributed by atoms with E-state index in [1.807, 2.05) is 19.1 Å². The molecule has 0 unspecified atom stereocenters. The third-order valence-electron chi connectivity index (χ3n) is 4.02. The van der Waals surface area contributed by atoms with Gasteiger partial charge in [0.1, 0.15) is 21.4 Å². The van der Waals surface area contributed by atoms with Gasteiger partial charge >= 0.3 is 0 Å². The van der Waals surface area contributed by atoms with Gasteiger partial charge in [0, 0.05) is 13.0 Å². The van der Waals surface area contributed by atoms with Crippen molar-refractivity contribution < 1.29 is 27.0 Å². The first-order valence-corrected chi connectivity index (χ1v) is 10.5. The van der Waals surface area contributed by atoms with E-state index >= 15 is 0 Å². The number of methoxy groups -OCH3 is 2. The Morgan fingerprint density at radius 3 is 2.07 bits per heavy atom. The fourth-order valence-corrected chi connectivity index (χ4v) is 4.19. The van der Waals surface area contributed by atoms with Crippen molar-refractivity contribution >= 4 is 31.7 Å². The molecule has 0 saturated carbocycles. The molecule has 27 heavy (non-hydrogen) atoms. The van der Waals surface area contributed by atoms with Gasteiger partial charge in [-0.2, -0.15) is 4.57 Å². The third-order valence-corrected chi connectivity index (χ3v) is 5.93. The van der Waals surface area contributed by atoms with Crippen LogP contribution in [-0.4, -0.2) is 27.2 Å². The quantitative estimate of drug-likeness (QED) is 0.487. The lowest BCUT2D eigenvalue weighted by atomic mass is 10.2. The van der Waals surface area contributed by atoms with Crippen molar-refractivity contribution in [1.82, 2.24) is 0 Å². The van der Waals surface area contributed by atoms with Crippen molar-refractivity contribution in [1.29, 1.82) is 0 Å². The van der Waals surface area contributed by atoms with E-state index in [0.29, 0.717) is 0 Å². The molecule has 6 nitrogen and oxygen atoms in total. The Morgan fingerprint density at radius 2 is 1.59 bits per heavy atom. The van der Waals surface area contributed by atoms with Crippen molar-refractivity contribution in [2.24, 2.45) is 0 Å². The fourth-order valence-electron chi connectivity index (χ4n) is 2.62. The minimum Gasteiger partial charge on any atom is -0.744 e. The minimum atomic E-state index is -4.27. The average molecular weight is 410 g/mol. The molecular weight excluding hydrogens is 386 g/mol. The van der Waals surface area contributed by atoms with E-state index in [4.69, 9.17) is 9.47 Å². The van der Waals surface area contributed by atoms with Crippen molar-refractivity contribution in [2.45, 2.75) is 32.2 Å². The number of aryl methyl sites for hydroxylation is 3. The first-order chi connectivity index (χ1) is 12.7. The van der Waals surface area contributed by atoms with E-state index in [2.05, 4.69) is 18.4 Å². The number of hydrogen-bond donors (Lipinski definition) is 0. The standard InChI is InChI=1S/C12H16NO2S.C7H8O3S/c1-5-13-8(2)16-12-7-11(15-4)10(14-3)6-9(12)13;1-6-2-4-7(5-3-6)11(8,9)10/h6-7H,5H2,1-4H3;2-5H,1H3,(H,8,9,10)/q+1;/p-1. The number of thiazole rings is 1. The second kappa shape index (κ2) is 8.69. The van der Waals surface area contributed by atoms with Crippen molar-refractivity contribution in [3.63, 3.8) is 0 Å². The third kappa shape index (κ3) is 4.97. The van der Waals surface area contributed by atoms with Crippen LogP contribution in [0.3, 0.4) is 0 Å². The Bertz CT molecular complexity index is 1020. The van der Waals surface area contributed by atoms with Crippen LogP contribution < -0.4 is 14.0 Å². The van der Waals surface area contributed by atoms with Gasteiger partial charge in [0.05, 0.1) is 25.2 Å². The average Bonchev–Trinajstić information content (AvgIpc) is 2.94. The number of rotatable bonds is 4. The molecule has 1 aromatic heterocycles. The van der Waals surface area contributed by atoms with Gasteiger partial charge in [0.15, 0.2) is 11.5 Å². The highest BCUT2D eigenvalue weighted by Crippen LogP contribution is 2.33. The molecule has 8 heteroatoms. The molecule has 3 aromatic rings. The predicted octanol–water partition coefficient (Wildman–Crippen LogP) is 3.43. The normalized spacial score (nSPS) is 11.0. The minimum absolute atomic E-state index is 0.178. The summed E-state index contributed by atoms with van der Waals surface area (Å²) in [6.07, 6.45) is 0. The summed E-state index contributed by atoms with van der Waals surface area (Å²) in [4.78, 5) is -0.178. The molecule has 0 amide bonds. The van der Waals surface area contributed by atoms with Crippen LogP contribution in [0.2, 0.25) is 0 Å². The van der Waals surface area contributed by atoms with Gasteiger partial charge in [0.25, 0.3) is 0 Å². The van der Waals surface area contributed by atoms with Gasteiger partial charge in [-0.25, -0.2) is 8.42 Å². The van der Waals surface area contributed by atoms with E-state index in [-0.39, 0.29) is 4.90 Å². The molecule has 0 aliphatic heterocycles. The zero-order valence-electron chi connectivity index (χ0n) is 16.0. The van der Waals surface area contributed by atoms with Gasteiger partial charge in [-0.1, -0.05) is 29.0 Å². The molecule has 3 rings (SSSR count). The Balaban J connectivity index is 0.000000208. The molecule has 0 atom stereocenters. The number of ether oxygens (including phenoxy) is 2. The lowest BCUT2D eigenvalue weighted by Gasteiger charge is -2.05. The summed E-state index contributed by atoms with van der Waals surface area (Å²) in [5, 5.41) is 1.30. The smallest absolute Gasteiger partial charge is 0.235 e. The number of benzene rings is 2. The Hall–Kier alpha value is -2.16. The van der Waals surface area contributed by atoms with Crippen molar-refractivity contribution in [3.05, 3.63) is 47.0 Å². The van der Waals surface area contributed by atoms with Gasteiger partial charge in [-0.3, -0.25) is 0 Å². The molecule has 0 saturated heterocycles. The summed E-state index contributed by atoms with van der Waals surface area (Å²) in [7, 11) is -0.939. The summed E-state index contributed by atoms with van der Waals surface area (Å²) < 4.78 is 45.3. The van der Waals surface area contributed by atoms with E-state index in [1.165, 1.54) is 27.4 Å². The Labute approximate surface area is 163 Å². The zero-order valence-corrected chi connectivity index (χ0v) is 17.6. The molecule has 0 N–H and O–H groups in total. The largest absolute Gasteiger partial charge is 0.744 e. The van der Waals surface area contributed by atoms with Crippen LogP contribution in [0.4, 0.5) is 0 Å². The van der Waals surface area contributed by atoms with E-state index < -0.39 is 10.1 Å². The predicted molar refractivity (Wildman–Crippen MR) is 105 cm³/mol. The molecule has 0 fully saturated rings. The monoisotopic (exact) mass is 409 g/mol. The maximum absolute atomic E-state index is 10.4. The first kappa shape index (κ1) is 21.1. The highest BCUT2D eigenvalue weighted by atomic mass is 32.2. The number of hydrogen-bond acceptors (Lipinski definition) is 6. The second-order valence-electron chi connectivity index (χ2n) is 5.81. The molecule has 0 bridgehead atoms. The molecular formula is C19H23NO5S2. The highest BCUT2D eigenvalue weighted by Gasteiger charge is 2.18. The number of aromatic nitrogens is 1. The Morgan fingerprint density at radius 1 is 1.04 bits per heavy atom. The van der Waals surface area contributed by atoms with Gasteiger partial charge in [-0.05, 0) is 26.0 Å². The van der Waals surface area contributed by atoms with Gasteiger partial charge < -0.3 is 14.0 Å². The van der Waals surface area contributed by atoms with Crippen LogP contribution in [0.15, 0.2) is 41.3 Å². The maximum Gasteiger partial charge on any atom is 0.235 e. The first-order valence-electron chi connectivity index (χ1n) is 8.28. The molecule has 0 aliphatic rings. The molecule has 1 heterocycles. The topological polar surface area (TPSA) is 79.5 Å². The number of nitrogens with zero attached hydrogens (tertiary/aromatic N) is 1. The Kier molecular flexibility index (Phi) is 6.80. The fraction of sp³-hybridized carbons (Fsp3) is 0.316. The lowest BCUT2D eigenvalue weighted by Crippen LogP contribution is -2.33. The maximum atomic E-state index is 10.4. The van der Waals surface area contributed by atoms with Crippen molar-refractivity contribution in [3.8, 4) is 11.5 Å². The van der Waals surface area contributed by atoms with E-state index in [9.17, 15) is 13.0 Å². The summed E-state index contributed by atoms with van der Waals surface area (Å²) >= 11 is 1.78. The van der Waals surface area contributed by atoms with Crippen LogP contribution in [0.5, 0.6) is 11.5 Å².